The van der Waals surface area contributed by atoms with Crippen molar-refractivity contribution in [3.8, 4) is 5.75 Å². The SMILES string of the molecule is CC(C)Oc1ccc(CNC(=O)CC2=C3CCCCC3N(Cc3ccccc3)C2=O)cc1. The number of carbonyl (C=O) groups excluding carboxylic acids is 2. The van der Waals surface area contributed by atoms with E-state index in [0.717, 1.165) is 42.6 Å². The van der Waals surface area contributed by atoms with Crippen LogP contribution in [0.5, 0.6) is 5.75 Å². The Morgan fingerprint density at radius 3 is 2.53 bits per heavy atom. The molecule has 0 radical (unpaired) electrons. The third-order valence-electron chi connectivity index (χ3n) is 6.18. The van der Waals surface area contributed by atoms with Gasteiger partial charge in [0.2, 0.25) is 5.91 Å². The van der Waals surface area contributed by atoms with Crippen LogP contribution in [0.3, 0.4) is 0 Å². The largest absolute Gasteiger partial charge is 0.491 e. The maximum Gasteiger partial charge on any atom is 0.251 e. The minimum atomic E-state index is -0.103. The van der Waals surface area contributed by atoms with Gasteiger partial charge < -0.3 is 15.0 Å². The predicted octanol–water partition coefficient (Wildman–Crippen LogP) is 4.76. The van der Waals surface area contributed by atoms with Gasteiger partial charge in [-0.05, 0) is 61.9 Å². The molecule has 1 atom stereocenters. The summed E-state index contributed by atoms with van der Waals surface area (Å²) in [6.07, 6.45) is 4.41. The van der Waals surface area contributed by atoms with Crippen LogP contribution in [0.25, 0.3) is 0 Å². The summed E-state index contributed by atoms with van der Waals surface area (Å²) in [4.78, 5) is 28.0. The number of benzene rings is 2. The van der Waals surface area contributed by atoms with Crippen LogP contribution >= 0.6 is 0 Å². The summed E-state index contributed by atoms with van der Waals surface area (Å²) in [7, 11) is 0. The molecule has 32 heavy (non-hydrogen) atoms. The van der Waals surface area contributed by atoms with E-state index in [2.05, 4.69) is 17.4 Å². The van der Waals surface area contributed by atoms with E-state index in [1.54, 1.807) is 0 Å². The van der Waals surface area contributed by atoms with E-state index in [1.807, 2.05) is 61.2 Å². The van der Waals surface area contributed by atoms with Crippen molar-refractivity contribution in [2.24, 2.45) is 0 Å². The van der Waals surface area contributed by atoms with Gasteiger partial charge in [0.05, 0.1) is 18.6 Å². The van der Waals surface area contributed by atoms with E-state index in [0.29, 0.717) is 18.7 Å². The summed E-state index contributed by atoms with van der Waals surface area (Å²) in [5.41, 5.74) is 4.03. The molecule has 1 saturated carbocycles. The van der Waals surface area contributed by atoms with Crippen molar-refractivity contribution in [3.63, 3.8) is 0 Å². The van der Waals surface area contributed by atoms with Crippen LogP contribution in [-0.4, -0.2) is 28.9 Å². The molecule has 4 rings (SSSR count). The highest BCUT2D eigenvalue weighted by Crippen LogP contribution is 2.38. The summed E-state index contributed by atoms with van der Waals surface area (Å²) >= 11 is 0. The van der Waals surface area contributed by atoms with Crippen LogP contribution in [-0.2, 0) is 22.7 Å². The van der Waals surface area contributed by atoms with E-state index in [1.165, 1.54) is 5.57 Å². The molecule has 2 aliphatic rings. The molecule has 5 heteroatoms. The second-order valence-corrected chi connectivity index (χ2v) is 8.95. The first-order valence-corrected chi connectivity index (χ1v) is 11.6. The molecule has 0 spiro atoms. The lowest BCUT2D eigenvalue weighted by atomic mass is 9.88. The molecule has 0 aromatic heterocycles. The normalized spacial score (nSPS) is 18.2. The molecule has 0 bridgehead atoms. The number of nitrogens with one attached hydrogen (secondary N) is 1. The maximum absolute atomic E-state index is 13.3. The van der Waals surface area contributed by atoms with E-state index >= 15 is 0 Å². The van der Waals surface area contributed by atoms with Crippen molar-refractivity contribution in [1.29, 1.82) is 0 Å². The van der Waals surface area contributed by atoms with Gasteiger partial charge in [-0.3, -0.25) is 9.59 Å². The highest BCUT2D eigenvalue weighted by atomic mass is 16.5. The van der Waals surface area contributed by atoms with Crippen LogP contribution < -0.4 is 10.1 Å². The Bertz CT molecular complexity index is 980. The average Bonchev–Trinajstić information content (AvgIpc) is 3.05. The maximum atomic E-state index is 13.3. The Labute approximate surface area is 190 Å². The quantitative estimate of drug-likeness (QED) is 0.654. The summed E-state index contributed by atoms with van der Waals surface area (Å²) in [5, 5.41) is 2.98. The molecule has 1 N–H and O–H groups in total. The number of hydrogen-bond donors (Lipinski definition) is 1. The van der Waals surface area contributed by atoms with Crippen molar-refractivity contribution in [3.05, 3.63) is 76.9 Å². The molecule has 5 nitrogen and oxygen atoms in total. The summed E-state index contributed by atoms with van der Waals surface area (Å²) in [6, 6.07) is 18.0. The first-order chi connectivity index (χ1) is 15.5. The van der Waals surface area contributed by atoms with Gasteiger partial charge in [0.25, 0.3) is 5.91 Å². The first-order valence-electron chi connectivity index (χ1n) is 11.6. The number of nitrogens with zero attached hydrogens (tertiary/aromatic N) is 1. The Hall–Kier alpha value is -3.08. The van der Waals surface area contributed by atoms with Crippen molar-refractivity contribution < 1.29 is 14.3 Å². The standard InChI is InChI=1S/C27H32N2O3/c1-19(2)32-22-14-12-20(13-15-22)17-28-26(30)16-24-23-10-6-7-11-25(23)29(27(24)31)18-21-8-4-3-5-9-21/h3-5,8-9,12-15,19,25H,6-7,10-11,16-18H2,1-2H3,(H,28,30). The molecule has 1 fully saturated rings. The highest BCUT2D eigenvalue weighted by Gasteiger charge is 2.40. The highest BCUT2D eigenvalue weighted by molar-refractivity contribution is 6.02. The molecule has 2 aromatic carbocycles. The van der Waals surface area contributed by atoms with Gasteiger partial charge in [0.15, 0.2) is 0 Å². The van der Waals surface area contributed by atoms with Crippen LogP contribution in [0.2, 0.25) is 0 Å². The minimum Gasteiger partial charge on any atom is -0.491 e. The zero-order valence-electron chi connectivity index (χ0n) is 19.0. The lowest BCUT2D eigenvalue weighted by Gasteiger charge is -2.30. The van der Waals surface area contributed by atoms with Crippen molar-refractivity contribution in [2.75, 3.05) is 0 Å². The van der Waals surface area contributed by atoms with Gasteiger partial charge in [0, 0.05) is 18.7 Å². The number of carbonyl (C=O) groups is 2. The molecule has 2 amide bonds. The smallest absolute Gasteiger partial charge is 0.251 e. The van der Waals surface area contributed by atoms with Crippen molar-refractivity contribution >= 4 is 11.8 Å². The van der Waals surface area contributed by atoms with E-state index < -0.39 is 0 Å². The Morgan fingerprint density at radius 2 is 1.81 bits per heavy atom. The van der Waals surface area contributed by atoms with Crippen LogP contribution in [0.15, 0.2) is 65.7 Å². The molecular weight excluding hydrogens is 400 g/mol. The number of rotatable bonds is 8. The third kappa shape index (κ3) is 5.21. The fourth-order valence-electron chi connectivity index (χ4n) is 4.68. The second-order valence-electron chi connectivity index (χ2n) is 8.95. The molecule has 1 unspecified atom stereocenters. The van der Waals surface area contributed by atoms with E-state index in [-0.39, 0.29) is 30.4 Å². The van der Waals surface area contributed by atoms with Gasteiger partial charge in [-0.1, -0.05) is 48.9 Å². The molecule has 1 heterocycles. The summed E-state index contributed by atoms with van der Waals surface area (Å²) in [5.74, 6) is 0.746. The monoisotopic (exact) mass is 432 g/mol. The number of amides is 2. The fourth-order valence-corrected chi connectivity index (χ4v) is 4.68. The summed E-state index contributed by atoms with van der Waals surface area (Å²) in [6.45, 7) is 5.02. The Morgan fingerprint density at radius 1 is 1.06 bits per heavy atom. The van der Waals surface area contributed by atoms with E-state index in [9.17, 15) is 9.59 Å². The third-order valence-corrected chi connectivity index (χ3v) is 6.18. The first kappa shape index (κ1) is 22.1. The number of ether oxygens (including phenoxy) is 1. The van der Waals surface area contributed by atoms with Gasteiger partial charge in [-0.15, -0.1) is 0 Å². The number of fused-ring (bicyclic) bond motifs is 1. The lowest BCUT2D eigenvalue weighted by molar-refractivity contribution is -0.129. The molecule has 0 saturated heterocycles. The van der Waals surface area contributed by atoms with Gasteiger partial charge in [-0.25, -0.2) is 0 Å². The van der Waals surface area contributed by atoms with Gasteiger partial charge in [0.1, 0.15) is 5.75 Å². The molecule has 1 aliphatic carbocycles. The molecule has 2 aromatic rings. The number of hydrogen-bond acceptors (Lipinski definition) is 3. The second kappa shape index (κ2) is 10.0. The van der Waals surface area contributed by atoms with Gasteiger partial charge in [-0.2, -0.15) is 0 Å². The summed E-state index contributed by atoms with van der Waals surface area (Å²) < 4.78 is 5.66. The Balaban J connectivity index is 1.38. The van der Waals surface area contributed by atoms with Crippen LogP contribution in [0.1, 0.15) is 57.1 Å². The molecular formula is C27H32N2O3. The topological polar surface area (TPSA) is 58.6 Å². The van der Waals surface area contributed by atoms with Crippen molar-refractivity contribution in [2.45, 2.75) is 71.2 Å². The van der Waals surface area contributed by atoms with Crippen molar-refractivity contribution in [1.82, 2.24) is 10.2 Å². The van der Waals surface area contributed by atoms with Crippen LogP contribution in [0, 0.1) is 0 Å². The van der Waals surface area contributed by atoms with Crippen LogP contribution in [0.4, 0.5) is 0 Å². The molecule has 1 aliphatic heterocycles. The fraction of sp³-hybridized carbons (Fsp3) is 0.407. The van der Waals surface area contributed by atoms with Gasteiger partial charge >= 0.3 is 0 Å². The van der Waals surface area contributed by atoms with E-state index in [4.69, 9.17) is 4.74 Å². The zero-order chi connectivity index (χ0) is 22.5. The Kier molecular flexibility index (Phi) is 6.93. The lowest BCUT2D eigenvalue weighted by Crippen LogP contribution is -2.36. The minimum absolute atomic E-state index is 0.0288. The average molecular weight is 433 g/mol. The zero-order valence-corrected chi connectivity index (χ0v) is 19.0. The predicted molar refractivity (Wildman–Crippen MR) is 125 cm³/mol. The molecule has 168 valence electrons.